The fourth-order valence-electron chi connectivity index (χ4n) is 0.230. The molecule has 0 spiro atoms. The zero-order valence-corrected chi connectivity index (χ0v) is 12.7. The molecule has 0 heterocycles. The Hall–Kier alpha value is 2.42. The molecule has 0 aliphatic carbocycles. The van der Waals surface area contributed by atoms with Crippen molar-refractivity contribution in [2.24, 2.45) is 0 Å². The van der Waals surface area contributed by atoms with E-state index in [1.165, 1.54) is 0 Å². The fourth-order valence-corrected chi connectivity index (χ4v) is 1.75. The van der Waals surface area contributed by atoms with Gasteiger partial charge in [-0.1, -0.05) is 0 Å². The summed E-state index contributed by atoms with van der Waals surface area (Å²) in [7, 11) is 0. The summed E-state index contributed by atoms with van der Waals surface area (Å²) in [5, 5.41) is 16.7. The molecule has 0 saturated carbocycles. The molecule has 0 rings (SSSR count). The van der Waals surface area contributed by atoms with Gasteiger partial charge in [-0.05, 0) is 6.80 Å². The van der Waals surface area contributed by atoms with Gasteiger partial charge in [0.2, 0.25) is 0 Å². The number of aliphatic hydroxyl groups excluding tert-OH is 2. The quantitative estimate of drug-likeness (QED) is 0.368. The van der Waals surface area contributed by atoms with E-state index >= 15 is 0 Å². The third-order valence-corrected chi connectivity index (χ3v) is 2.88. The van der Waals surface area contributed by atoms with Crippen LogP contribution >= 0.6 is 18.2 Å². The van der Waals surface area contributed by atoms with Crippen LogP contribution in [0.1, 0.15) is 0 Å². The first-order chi connectivity index (χ1) is 4.45. The third kappa shape index (κ3) is 14.9. The second-order valence-electron chi connectivity index (χ2n) is 1.58. The predicted octanol–water partition coefficient (Wildman–Crippen LogP) is -8.09. The minimum absolute atomic E-state index is 0. The van der Waals surface area contributed by atoms with Gasteiger partial charge in [0, 0.05) is 5.75 Å². The minimum atomic E-state index is -4.59. The minimum Gasteiger partial charge on any atom is -0.803 e. The standard InChI is InChI=1S/C3H9O5PS.2Na/c4-1-3(5)2-10-9(6,7)8;;/h3-5H,1-2H2,(H2,6,7,8);;/q;2*+1/p-2/t3-;;/m1../s1. The van der Waals surface area contributed by atoms with E-state index in [1.54, 1.807) is 0 Å². The van der Waals surface area contributed by atoms with Crippen molar-refractivity contribution in [3.05, 3.63) is 0 Å². The van der Waals surface area contributed by atoms with Gasteiger partial charge in [0.1, 0.15) is 0 Å². The van der Waals surface area contributed by atoms with E-state index < -0.39 is 19.5 Å². The average Bonchev–Trinajstić information content (AvgIpc) is 1.81. The molecular weight excluding hydrogens is 225 g/mol. The molecule has 9 heteroatoms. The molecule has 62 valence electrons. The van der Waals surface area contributed by atoms with E-state index in [1.807, 2.05) is 0 Å². The van der Waals surface area contributed by atoms with Gasteiger partial charge in [0.05, 0.1) is 12.7 Å². The maximum Gasteiger partial charge on any atom is 1.00 e. The molecule has 0 unspecified atom stereocenters. The number of aliphatic hydroxyl groups is 2. The first-order valence-electron chi connectivity index (χ1n) is 2.41. The van der Waals surface area contributed by atoms with Crippen molar-refractivity contribution >= 4 is 18.2 Å². The Morgan fingerprint density at radius 1 is 1.42 bits per heavy atom. The van der Waals surface area contributed by atoms with Crippen molar-refractivity contribution in [1.82, 2.24) is 0 Å². The van der Waals surface area contributed by atoms with E-state index in [4.69, 9.17) is 10.2 Å². The molecule has 0 saturated heterocycles. The van der Waals surface area contributed by atoms with Crippen LogP contribution in [0.15, 0.2) is 0 Å². The van der Waals surface area contributed by atoms with Gasteiger partial charge in [0.25, 0.3) is 0 Å². The largest absolute Gasteiger partial charge is 1.00 e. The summed E-state index contributed by atoms with van der Waals surface area (Å²) in [6.07, 6.45) is -1.14. The first kappa shape index (κ1) is 19.9. The van der Waals surface area contributed by atoms with Crippen LogP contribution in [-0.4, -0.2) is 28.7 Å². The SMILES string of the molecule is O=P([O-])([O-])SC[C@H](O)CO.[Na+].[Na+]. The summed E-state index contributed by atoms with van der Waals surface area (Å²) < 4.78 is 9.89. The Balaban J connectivity index is -0.000000405. The van der Waals surface area contributed by atoms with Crippen molar-refractivity contribution in [3.8, 4) is 0 Å². The topological polar surface area (TPSA) is 104 Å². The Kier molecular flexibility index (Phi) is 16.5. The molecule has 0 aliphatic heterocycles. The van der Waals surface area contributed by atoms with Gasteiger partial charge in [-0.15, -0.1) is 11.4 Å². The summed E-state index contributed by atoms with van der Waals surface area (Å²) >= 11 is 0.101. The van der Waals surface area contributed by atoms with Gasteiger partial charge < -0.3 is 24.6 Å². The van der Waals surface area contributed by atoms with E-state index in [9.17, 15) is 14.4 Å². The van der Waals surface area contributed by atoms with Crippen LogP contribution in [0.2, 0.25) is 0 Å². The van der Waals surface area contributed by atoms with Gasteiger partial charge in [-0.2, -0.15) is 0 Å². The number of hydrogen-bond acceptors (Lipinski definition) is 6. The van der Waals surface area contributed by atoms with Crippen molar-refractivity contribution in [3.63, 3.8) is 0 Å². The van der Waals surface area contributed by atoms with E-state index in [0.29, 0.717) is 0 Å². The molecule has 2 N–H and O–H groups in total. The van der Waals surface area contributed by atoms with Crippen LogP contribution in [0.3, 0.4) is 0 Å². The Labute approximate surface area is 119 Å². The second kappa shape index (κ2) is 9.96. The van der Waals surface area contributed by atoms with Gasteiger partial charge >= 0.3 is 59.1 Å². The average molecular weight is 232 g/mol. The molecule has 0 aliphatic rings. The summed E-state index contributed by atoms with van der Waals surface area (Å²) in [5.74, 6) is -0.277. The van der Waals surface area contributed by atoms with Crippen molar-refractivity contribution in [2.75, 3.05) is 12.4 Å². The molecular formula is C3H7Na2O5PS. The molecule has 0 bridgehead atoms. The van der Waals surface area contributed by atoms with Crippen molar-refractivity contribution in [1.29, 1.82) is 0 Å². The van der Waals surface area contributed by atoms with Crippen LogP contribution in [0.25, 0.3) is 0 Å². The van der Waals surface area contributed by atoms with Crippen LogP contribution in [-0.2, 0) is 4.57 Å². The summed E-state index contributed by atoms with van der Waals surface area (Å²) in [6.45, 7) is -5.12. The number of hydrogen-bond donors (Lipinski definition) is 2. The van der Waals surface area contributed by atoms with Crippen molar-refractivity contribution < 1.29 is 83.7 Å². The molecule has 0 amide bonds. The smallest absolute Gasteiger partial charge is 0.803 e. The van der Waals surface area contributed by atoms with Crippen LogP contribution in [0.4, 0.5) is 0 Å². The van der Waals surface area contributed by atoms with E-state index in [-0.39, 0.29) is 76.2 Å². The second-order valence-corrected chi connectivity index (χ2v) is 5.18. The molecule has 0 radical (unpaired) electrons. The zero-order valence-electron chi connectivity index (χ0n) is 6.97. The normalized spacial score (nSPS) is 12.7. The first-order valence-corrected chi connectivity index (χ1v) is 5.54. The third-order valence-electron chi connectivity index (χ3n) is 0.636. The summed E-state index contributed by atoms with van der Waals surface area (Å²) in [6, 6.07) is 0. The van der Waals surface area contributed by atoms with Crippen LogP contribution < -0.4 is 68.9 Å². The van der Waals surface area contributed by atoms with Crippen LogP contribution in [0, 0.1) is 0 Å². The predicted molar refractivity (Wildman–Crippen MR) is 33.2 cm³/mol. The van der Waals surface area contributed by atoms with Gasteiger partial charge in [-0.25, -0.2) is 0 Å². The Bertz CT molecular complexity index is 141. The molecule has 5 nitrogen and oxygen atoms in total. The Morgan fingerprint density at radius 3 is 2.08 bits per heavy atom. The molecule has 1 atom stereocenters. The van der Waals surface area contributed by atoms with E-state index in [2.05, 4.69) is 0 Å². The summed E-state index contributed by atoms with van der Waals surface area (Å²) in [4.78, 5) is 19.8. The van der Waals surface area contributed by atoms with Crippen LogP contribution in [0.5, 0.6) is 0 Å². The maximum atomic E-state index is 9.89. The monoisotopic (exact) mass is 232 g/mol. The molecule has 0 aromatic heterocycles. The van der Waals surface area contributed by atoms with E-state index in [0.717, 1.165) is 0 Å². The molecule has 0 aromatic rings. The Morgan fingerprint density at radius 2 is 1.83 bits per heavy atom. The maximum absolute atomic E-state index is 9.89. The molecule has 12 heavy (non-hydrogen) atoms. The summed E-state index contributed by atoms with van der Waals surface area (Å²) in [5.41, 5.74) is 0. The van der Waals surface area contributed by atoms with Crippen molar-refractivity contribution in [2.45, 2.75) is 6.10 Å². The zero-order chi connectivity index (χ0) is 8.20. The van der Waals surface area contributed by atoms with Gasteiger partial charge in [0.15, 0.2) is 0 Å². The molecule has 0 fully saturated rings. The van der Waals surface area contributed by atoms with Gasteiger partial charge in [-0.3, -0.25) is 0 Å². The number of rotatable bonds is 4. The molecule has 0 aromatic carbocycles. The fraction of sp³-hybridized carbons (Fsp3) is 1.00.